The molecular formula is C13H15Cl. The van der Waals surface area contributed by atoms with Gasteiger partial charge in [-0.2, -0.15) is 0 Å². The molecule has 0 nitrogen and oxygen atoms in total. The summed E-state index contributed by atoms with van der Waals surface area (Å²) >= 11 is 5.90. The quantitative estimate of drug-likeness (QED) is 0.689. The summed E-state index contributed by atoms with van der Waals surface area (Å²) in [4.78, 5) is 0. The minimum Gasteiger partial charge on any atom is -0.0843 e. The van der Waals surface area contributed by atoms with Crippen LogP contribution in [0, 0.1) is 17.8 Å². The van der Waals surface area contributed by atoms with Gasteiger partial charge in [0.2, 0.25) is 0 Å². The Morgan fingerprint density at radius 2 is 1.93 bits per heavy atom. The first-order valence-electron chi connectivity index (χ1n) is 5.49. The lowest BCUT2D eigenvalue weighted by Gasteiger charge is -2.15. The Morgan fingerprint density at radius 3 is 2.36 bits per heavy atom. The van der Waals surface area contributed by atoms with Gasteiger partial charge in [-0.05, 0) is 35.4 Å². The lowest BCUT2D eigenvalue weighted by atomic mass is 9.90. The van der Waals surface area contributed by atoms with Gasteiger partial charge in [-0.1, -0.05) is 44.0 Å². The van der Waals surface area contributed by atoms with Crippen LogP contribution in [0.25, 0.3) is 0 Å². The molecule has 0 saturated heterocycles. The molecule has 0 bridgehead atoms. The maximum absolute atomic E-state index is 5.90. The van der Waals surface area contributed by atoms with Gasteiger partial charge in [-0.15, -0.1) is 0 Å². The van der Waals surface area contributed by atoms with Crippen LogP contribution in [-0.2, 0) is 5.41 Å². The maximum Gasteiger partial charge on any atom is 0.0406 e. The Kier molecular flexibility index (Phi) is 1.60. The molecule has 0 N–H and O–H groups in total. The van der Waals surface area contributed by atoms with Crippen molar-refractivity contribution < 1.29 is 0 Å². The fourth-order valence-corrected chi connectivity index (χ4v) is 3.83. The predicted molar refractivity (Wildman–Crippen MR) is 59.6 cm³/mol. The zero-order valence-corrected chi connectivity index (χ0v) is 9.38. The second kappa shape index (κ2) is 2.55. The monoisotopic (exact) mass is 206 g/mol. The third-order valence-corrected chi connectivity index (χ3v) is 4.71. The van der Waals surface area contributed by atoms with Crippen molar-refractivity contribution in [2.24, 2.45) is 17.8 Å². The van der Waals surface area contributed by atoms with Gasteiger partial charge in [-0.3, -0.25) is 0 Å². The van der Waals surface area contributed by atoms with Crippen LogP contribution in [0.1, 0.15) is 25.8 Å². The molecule has 2 aliphatic rings. The third-order valence-electron chi connectivity index (χ3n) is 4.46. The normalized spacial score (nSPS) is 43.2. The molecule has 0 radical (unpaired) electrons. The van der Waals surface area contributed by atoms with Crippen LogP contribution in [0.4, 0.5) is 0 Å². The summed E-state index contributed by atoms with van der Waals surface area (Å²) in [7, 11) is 0. The van der Waals surface area contributed by atoms with Crippen molar-refractivity contribution in [1.29, 1.82) is 0 Å². The van der Waals surface area contributed by atoms with Crippen molar-refractivity contribution in [2.75, 3.05) is 0 Å². The number of rotatable bonds is 2. The van der Waals surface area contributed by atoms with Crippen LogP contribution in [-0.4, -0.2) is 0 Å². The van der Waals surface area contributed by atoms with Gasteiger partial charge in [-0.25, -0.2) is 0 Å². The zero-order chi connectivity index (χ0) is 9.92. The van der Waals surface area contributed by atoms with Crippen LogP contribution >= 0.6 is 11.6 Å². The van der Waals surface area contributed by atoms with Crippen LogP contribution in [0.15, 0.2) is 24.3 Å². The van der Waals surface area contributed by atoms with Crippen molar-refractivity contribution in [3.8, 4) is 0 Å². The van der Waals surface area contributed by atoms with E-state index in [9.17, 15) is 0 Å². The Bertz CT molecular complexity index is 361. The van der Waals surface area contributed by atoms with Crippen LogP contribution in [0.5, 0.6) is 0 Å². The molecule has 74 valence electrons. The summed E-state index contributed by atoms with van der Waals surface area (Å²) < 4.78 is 0. The van der Waals surface area contributed by atoms with Gasteiger partial charge >= 0.3 is 0 Å². The first kappa shape index (κ1) is 8.79. The molecule has 2 aliphatic carbocycles. The smallest absolute Gasteiger partial charge is 0.0406 e. The summed E-state index contributed by atoms with van der Waals surface area (Å²) in [5, 5.41) is 0.851. The highest BCUT2D eigenvalue weighted by molar-refractivity contribution is 6.30. The van der Waals surface area contributed by atoms with E-state index in [1.807, 2.05) is 12.1 Å². The van der Waals surface area contributed by atoms with E-state index < -0.39 is 0 Å². The lowest BCUT2D eigenvalue weighted by molar-refractivity contribution is 0.455. The Hall–Kier alpha value is -0.490. The Labute approximate surface area is 90.3 Å². The van der Waals surface area contributed by atoms with Crippen molar-refractivity contribution in [3.05, 3.63) is 34.9 Å². The molecular weight excluding hydrogens is 192 g/mol. The fourth-order valence-electron chi connectivity index (χ4n) is 3.70. The molecule has 1 heteroatoms. The lowest BCUT2D eigenvalue weighted by Crippen LogP contribution is -2.09. The van der Waals surface area contributed by atoms with Gasteiger partial charge in [0, 0.05) is 10.4 Å². The minimum absolute atomic E-state index is 0.569. The molecule has 1 aromatic carbocycles. The van der Waals surface area contributed by atoms with Gasteiger partial charge in [0.25, 0.3) is 0 Å². The Balaban J connectivity index is 1.94. The summed E-state index contributed by atoms with van der Waals surface area (Å²) in [6.07, 6.45) is 1.33. The topological polar surface area (TPSA) is 0 Å². The molecule has 0 heterocycles. The fraction of sp³-hybridized carbons (Fsp3) is 0.538. The number of fused-ring (bicyclic) bond motifs is 1. The largest absolute Gasteiger partial charge is 0.0843 e. The highest BCUT2D eigenvalue weighted by Crippen LogP contribution is 2.84. The molecule has 0 spiro atoms. The number of halogens is 1. The Morgan fingerprint density at radius 1 is 1.29 bits per heavy atom. The second-order valence-corrected chi connectivity index (χ2v) is 5.21. The summed E-state index contributed by atoms with van der Waals surface area (Å²) in [6, 6.07) is 8.49. The average Bonchev–Trinajstić information content (AvgIpc) is 3.04. The first-order chi connectivity index (χ1) is 6.72. The second-order valence-electron chi connectivity index (χ2n) is 4.77. The molecule has 0 aromatic heterocycles. The van der Waals surface area contributed by atoms with Crippen LogP contribution < -0.4 is 0 Å². The molecule has 3 rings (SSSR count). The average molecular weight is 207 g/mol. The molecule has 2 saturated carbocycles. The third kappa shape index (κ3) is 0.814. The van der Waals surface area contributed by atoms with E-state index in [0.717, 1.165) is 22.8 Å². The highest BCUT2D eigenvalue weighted by atomic mass is 35.5. The molecule has 1 aromatic rings. The van der Waals surface area contributed by atoms with Crippen LogP contribution in [0.2, 0.25) is 5.02 Å². The van der Waals surface area contributed by atoms with E-state index >= 15 is 0 Å². The SMILES string of the molecule is CC[C@@H]1C2C(C)C21c1ccc(Cl)cc1. The summed E-state index contributed by atoms with van der Waals surface area (Å²) in [5.74, 6) is 2.85. The van der Waals surface area contributed by atoms with E-state index in [4.69, 9.17) is 11.6 Å². The molecule has 0 aliphatic heterocycles. The molecule has 0 amide bonds. The maximum atomic E-state index is 5.90. The van der Waals surface area contributed by atoms with Gasteiger partial charge in [0.1, 0.15) is 0 Å². The minimum atomic E-state index is 0.569. The van der Waals surface area contributed by atoms with E-state index in [0.29, 0.717) is 5.41 Å². The number of hydrogen-bond acceptors (Lipinski definition) is 0. The van der Waals surface area contributed by atoms with Crippen molar-refractivity contribution in [2.45, 2.75) is 25.7 Å². The van der Waals surface area contributed by atoms with Gasteiger partial charge in [0.05, 0.1) is 0 Å². The highest BCUT2D eigenvalue weighted by Gasteiger charge is 2.83. The molecule has 3 unspecified atom stereocenters. The summed E-state index contributed by atoms with van der Waals surface area (Å²) in [6.45, 7) is 4.69. The van der Waals surface area contributed by atoms with Crippen molar-refractivity contribution in [3.63, 3.8) is 0 Å². The molecule has 4 atom stereocenters. The van der Waals surface area contributed by atoms with Gasteiger partial charge < -0.3 is 0 Å². The zero-order valence-electron chi connectivity index (χ0n) is 8.63. The van der Waals surface area contributed by atoms with Crippen LogP contribution in [0.3, 0.4) is 0 Å². The molecule has 14 heavy (non-hydrogen) atoms. The predicted octanol–water partition coefficient (Wildman–Crippen LogP) is 3.88. The van der Waals surface area contributed by atoms with E-state index in [1.54, 1.807) is 0 Å². The van der Waals surface area contributed by atoms with E-state index in [1.165, 1.54) is 12.0 Å². The van der Waals surface area contributed by atoms with Crippen molar-refractivity contribution >= 4 is 11.6 Å². The van der Waals surface area contributed by atoms with Crippen molar-refractivity contribution in [1.82, 2.24) is 0 Å². The standard InChI is InChI=1S/C13H15Cl/c1-3-11-12-8(2)13(11,12)9-4-6-10(14)7-5-9/h4-8,11-12H,3H2,1-2H3/t8?,11-,12?,13?/m1/s1. The van der Waals surface area contributed by atoms with Gasteiger partial charge in [0.15, 0.2) is 0 Å². The molecule has 2 fully saturated rings. The van der Waals surface area contributed by atoms with E-state index in [-0.39, 0.29) is 0 Å². The first-order valence-corrected chi connectivity index (χ1v) is 5.86. The number of benzene rings is 1. The number of hydrogen-bond donors (Lipinski definition) is 0. The summed E-state index contributed by atoms with van der Waals surface area (Å²) in [5.41, 5.74) is 2.09. The van der Waals surface area contributed by atoms with E-state index in [2.05, 4.69) is 26.0 Å².